The first-order valence-corrected chi connectivity index (χ1v) is 9.28. The minimum Gasteiger partial charge on any atom is -0.477 e. The third-order valence-electron chi connectivity index (χ3n) is 4.87. The number of thiazole rings is 1. The van der Waals surface area contributed by atoms with E-state index in [1.165, 1.54) is 28.8 Å². The summed E-state index contributed by atoms with van der Waals surface area (Å²) in [6, 6.07) is 6.62. The van der Waals surface area contributed by atoms with Crippen molar-refractivity contribution in [3.05, 3.63) is 45.6 Å². The summed E-state index contributed by atoms with van der Waals surface area (Å²) in [5.41, 5.74) is 5.83. The van der Waals surface area contributed by atoms with Crippen LogP contribution in [0.5, 0.6) is 0 Å². The zero-order chi connectivity index (χ0) is 16.8. The zero-order valence-corrected chi connectivity index (χ0v) is 14.7. The van der Waals surface area contributed by atoms with Gasteiger partial charge in [-0.2, -0.15) is 0 Å². The molecule has 0 fully saturated rings. The molecule has 24 heavy (non-hydrogen) atoms. The zero-order valence-electron chi connectivity index (χ0n) is 13.9. The smallest absolute Gasteiger partial charge is 0.354 e. The van der Waals surface area contributed by atoms with Gasteiger partial charge >= 0.3 is 5.97 Å². The van der Waals surface area contributed by atoms with Gasteiger partial charge in [0, 0.05) is 4.88 Å². The molecule has 0 spiro atoms. The molecule has 0 bridgehead atoms. The summed E-state index contributed by atoms with van der Waals surface area (Å²) in [6.07, 6.45) is 5.64. The standard InChI is InChI=1S/C19H20N2O2S/c1-3-15-17(14-9-8-12-6-4-5-7-13(12)10-14)21-16(18(22)23)11(2)20-19(21)24-15/h8-10H,3-7H2,1-2H3,(H,22,23). The summed E-state index contributed by atoms with van der Waals surface area (Å²) in [6.45, 7) is 3.88. The highest BCUT2D eigenvalue weighted by Gasteiger charge is 2.24. The fourth-order valence-corrected chi connectivity index (χ4v) is 4.85. The summed E-state index contributed by atoms with van der Waals surface area (Å²) in [7, 11) is 0. The molecular formula is C19H20N2O2S. The average molecular weight is 340 g/mol. The number of carboxylic acids is 1. The molecule has 0 radical (unpaired) electrons. The van der Waals surface area contributed by atoms with E-state index >= 15 is 0 Å². The van der Waals surface area contributed by atoms with Crippen LogP contribution in [0.2, 0.25) is 0 Å². The van der Waals surface area contributed by atoms with Crippen molar-refractivity contribution in [3.63, 3.8) is 0 Å². The second-order valence-corrected chi connectivity index (χ2v) is 7.45. The summed E-state index contributed by atoms with van der Waals surface area (Å²) in [4.78, 5) is 18.2. The molecule has 1 aliphatic rings. The molecule has 0 saturated heterocycles. The van der Waals surface area contributed by atoms with Crippen molar-refractivity contribution in [1.82, 2.24) is 9.38 Å². The van der Waals surface area contributed by atoms with Crippen molar-refractivity contribution >= 4 is 22.3 Å². The quantitative estimate of drug-likeness (QED) is 0.763. The van der Waals surface area contributed by atoms with Crippen molar-refractivity contribution in [3.8, 4) is 11.3 Å². The summed E-state index contributed by atoms with van der Waals surface area (Å²) in [5.74, 6) is -0.917. The van der Waals surface area contributed by atoms with E-state index < -0.39 is 5.97 Å². The molecule has 0 unspecified atom stereocenters. The lowest BCUT2D eigenvalue weighted by molar-refractivity contribution is 0.0688. The molecule has 0 saturated carbocycles. The van der Waals surface area contributed by atoms with E-state index in [0.29, 0.717) is 5.69 Å². The van der Waals surface area contributed by atoms with Gasteiger partial charge < -0.3 is 5.11 Å². The Morgan fingerprint density at radius 3 is 2.75 bits per heavy atom. The molecule has 0 aliphatic heterocycles. The number of aryl methyl sites for hydroxylation is 4. The normalized spacial score (nSPS) is 14.1. The third kappa shape index (κ3) is 2.26. The fourth-order valence-electron chi connectivity index (χ4n) is 3.72. The van der Waals surface area contributed by atoms with Gasteiger partial charge in [-0.15, -0.1) is 11.3 Å². The molecule has 1 N–H and O–H groups in total. The lowest BCUT2D eigenvalue weighted by Gasteiger charge is -2.17. The minimum atomic E-state index is -0.917. The van der Waals surface area contributed by atoms with Crippen LogP contribution in [0.4, 0.5) is 0 Å². The van der Waals surface area contributed by atoms with Crippen molar-refractivity contribution in [2.24, 2.45) is 0 Å². The van der Waals surface area contributed by atoms with Gasteiger partial charge in [0.05, 0.1) is 11.4 Å². The predicted octanol–water partition coefficient (Wildman–Crippen LogP) is 4.51. The molecule has 1 aliphatic carbocycles. The van der Waals surface area contributed by atoms with Crippen LogP contribution in [0, 0.1) is 6.92 Å². The number of rotatable bonds is 3. The van der Waals surface area contributed by atoms with E-state index in [4.69, 9.17) is 0 Å². The largest absolute Gasteiger partial charge is 0.477 e. The van der Waals surface area contributed by atoms with Crippen molar-refractivity contribution in [2.75, 3.05) is 0 Å². The predicted molar refractivity (Wildman–Crippen MR) is 96.2 cm³/mol. The molecule has 124 valence electrons. The molecular weight excluding hydrogens is 320 g/mol. The van der Waals surface area contributed by atoms with Gasteiger partial charge in [-0.25, -0.2) is 9.78 Å². The number of aromatic nitrogens is 2. The molecule has 0 amide bonds. The van der Waals surface area contributed by atoms with Gasteiger partial charge in [0.2, 0.25) is 0 Å². The Morgan fingerprint density at radius 2 is 2.04 bits per heavy atom. The Kier molecular flexibility index (Phi) is 3.68. The van der Waals surface area contributed by atoms with Crippen LogP contribution in [-0.4, -0.2) is 20.5 Å². The van der Waals surface area contributed by atoms with Crippen molar-refractivity contribution in [1.29, 1.82) is 0 Å². The second-order valence-electron chi connectivity index (χ2n) is 6.39. The topological polar surface area (TPSA) is 54.6 Å². The van der Waals surface area contributed by atoms with E-state index in [-0.39, 0.29) is 5.69 Å². The number of nitrogens with zero attached hydrogens (tertiary/aromatic N) is 2. The van der Waals surface area contributed by atoms with Gasteiger partial charge in [0.1, 0.15) is 0 Å². The molecule has 5 heteroatoms. The van der Waals surface area contributed by atoms with Crippen LogP contribution in [0.25, 0.3) is 16.2 Å². The number of imidazole rings is 1. The number of benzene rings is 1. The van der Waals surface area contributed by atoms with Crippen LogP contribution >= 0.6 is 11.3 Å². The van der Waals surface area contributed by atoms with Crippen LogP contribution in [0.3, 0.4) is 0 Å². The summed E-state index contributed by atoms with van der Waals surface area (Å²) < 4.78 is 1.84. The lowest BCUT2D eigenvalue weighted by atomic mass is 9.90. The number of carboxylic acid groups (broad SMARTS) is 1. The van der Waals surface area contributed by atoms with Crippen LogP contribution in [0.1, 0.15) is 52.0 Å². The summed E-state index contributed by atoms with van der Waals surface area (Å²) >= 11 is 1.60. The second kappa shape index (κ2) is 5.74. The molecule has 1 aromatic carbocycles. The van der Waals surface area contributed by atoms with Gasteiger partial charge in [0.15, 0.2) is 10.7 Å². The van der Waals surface area contributed by atoms with Crippen molar-refractivity contribution in [2.45, 2.75) is 46.0 Å². The van der Waals surface area contributed by atoms with Crippen LogP contribution in [-0.2, 0) is 19.3 Å². The van der Waals surface area contributed by atoms with E-state index in [9.17, 15) is 9.90 Å². The Hall–Kier alpha value is -2.14. The van der Waals surface area contributed by atoms with Gasteiger partial charge in [0.25, 0.3) is 0 Å². The molecule has 4 nitrogen and oxygen atoms in total. The Morgan fingerprint density at radius 1 is 1.29 bits per heavy atom. The van der Waals surface area contributed by atoms with Gasteiger partial charge in [-0.1, -0.05) is 19.1 Å². The van der Waals surface area contributed by atoms with Gasteiger partial charge in [-0.05, 0) is 61.8 Å². The minimum absolute atomic E-state index is 0.286. The van der Waals surface area contributed by atoms with Crippen molar-refractivity contribution < 1.29 is 9.90 Å². The molecule has 3 aromatic rings. The number of hydrogen-bond donors (Lipinski definition) is 1. The van der Waals surface area contributed by atoms with E-state index in [0.717, 1.165) is 35.5 Å². The number of aromatic carboxylic acids is 1. The molecule has 2 aromatic heterocycles. The lowest BCUT2D eigenvalue weighted by Crippen LogP contribution is -2.06. The molecule has 2 heterocycles. The maximum atomic E-state index is 11.8. The van der Waals surface area contributed by atoms with Crippen LogP contribution < -0.4 is 0 Å². The first kappa shape index (κ1) is 15.4. The van der Waals surface area contributed by atoms with E-state index in [1.54, 1.807) is 18.3 Å². The van der Waals surface area contributed by atoms with Crippen LogP contribution in [0.15, 0.2) is 18.2 Å². The SMILES string of the molecule is CCc1sc2nc(C)c(C(=O)O)n2c1-c1ccc2c(c1)CCCC2. The Bertz CT molecular complexity index is 952. The highest BCUT2D eigenvalue weighted by atomic mass is 32.1. The molecule has 0 atom stereocenters. The fraction of sp³-hybridized carbons (Fsp3) is 0.368. The highest BCUT2D eigenvalue weighted by Crippen LogP contribution is 2.36. The monoisotopic (exact) mass is 340 g/mol. The van der Waals surface area contributed by atoms with Gasteiger partial charge in [-0.3, -0.25) is 4.40 Å². The molecule has 4 rings (SSSR count). The number of fused-ring (bicyclic) bond motifs is 2. The number of carbonyl (C=O) groups is 1. The maximum Gasteiger partial charge on any atom is 0.354 e. The Balaban J connectivity index is 1.99. The van der Waals surface area contributed by atoms with E-state index in [1.807, 2.05) is 4.40 Å². The highest BCUT2D eigenvalue weighted by molar-refractivity contribution is 7.17. The number of hydrogen-bond acceptors (Lipinski definition) is 3. The first-order valence-electron chi connectivity index (χ1n) is 8.46. The maximum absolute atomic E-state index is 11.8. The summed E-state index contributed by atoms with van der Waals surface area (Å²) in [5, 5.41) is 9.64. The first-order chi connectivity index (χ1) is 11.6. The average Bonchev–Trinajstić information content (AvgIpc) is 3.07. The third-order valence-corrected chi connectivity index (χ3v) is 6.05. The Labute approximate surface area is 144 Å². The van der Waals surface area contributed by atoms with E-state index in [2.05, 4.69) is 30.1 Å².